The molecule has 3 heterocycles. The molecule has 318 valence electrons. The maximum Gasteiger partial charge on any atom is 0.340 e. The van der Waals surface area contributed by atoms with Gasteiger partial charge in [0.25, 0.3) is 0 Å². The van der Waals surface area contributed by atoms with Gasteiger partial charge in [0.15, 0.2) is 17.8 Å². The van der Waals surface area contributed by atoms with Crippen molar-refractivity contribution in [2.75, 3.05) is 13.2 Å². The van der Waals surface area contributed by atoms with Gasteiger partial charge < -0.3 is 48.1 Å². The second-order valence-corrected chi connectivity index (χ2v) is 15.8. The zero-order valence-electron chi connectivity index (χ0n) is 33.5. The lowest BCUT2D eigenvalue weighted by molar-refractivity contribution is -0.385. The third kappa shape index (κ3) is 7.20. The quantitative estimate of drug-likeness (QED) is 0.297. The highest BCUT2D eigenvalue weighted by atomic mass is 16.7. The summed E-state index contributed by atoms with van der Waals surface area (Å²) in [5, 5.41) is 25.9. The van der Waals surface area contributed by atoms with Crippen molar-refractivity contribution in [2.45, 2.75) is 115 Å². The fourth-order valence-electron chi connectivity index (χ4n) is 9.45. The number of carbonyl (C=O) groups excluding carboxylic acids is 7. The first-order valence-electron chi connectivity index (χ1n) is 19.0. The maximum absolute atomic E-state index is 14.2. The number of rotatable bonds is 7. The molecule has 18 nitrogen and oxygen atoms in total. The molecule has 1 aromatic carbocycles. The van der Waals surface area contributed by atoms with Gasteiger partial charge in [-0.1, -0.05) is 25.1 Å². The number of fused-ring (bicyclic) bond motifs is 5. The van der Waals surface area contributed by atoms with Crippen molar-refractivity contribution < 1.29 is 81.7 Å². The van der Waals surface area contributed by atoms with Crippen LogP contribution >= 0.6 is 0 Å². The van der Waals surface area contributed by atoms with Crippen LogP contribution in [0.5, 0.6) is 0 Å². The van der Waals surface area contributed by atoms with Crippen LogP contribution in [-0.2, 0) is 68.3 Å². The van der Waals surface area contributed by atoms with Gasteiger partial charge in [-0.25, -0.2) is 9.59 Å². The molecule has 2 N–H and O–H groups in total. The Balaban J connectivity index is 1.74. The molecule has 2 aromatic rings. The van der Waals surface area contributed by atoms with Crippen molar-refractivity contribution in [3.63, 3.8) is 0 Å². The Morgan fingerprint density at radius 1 is 0.847 bits per heavy atom. The lowest BCUT2D eigenvalue weighted by atomic mass is 9.45. The van der Waals surface area contributed by atoms with Crippen molar-refractivity contribution >= 4 is 41.8 Å². The van der Waals surface area contributed by atoms with E-state index in [1.165, 1.54) is 56.4 Å². The third-order valence-corrected chi connectivity index (χ3v) is 11.8. The average Bonchev–Trinajstić information content (AvgIpc) is 3.39. The van der Waals surface area contributed by atoms with Crippen LogP contribution in [0.3, 0.4) is 0 Å². The number of pyridine rings is 1. The van der Waals surface area contributed by atoms with Gasteiger partial charge in [0.1, 0.15) is 54.2 Å². The highest BCUT2D eigenvalue weighted by Crippen LogP contribution is 2.70. The highest BCUT2D eigenvalue weighted by Gasteiger charge is 2.91. The van der Waals surface area contributed by atoms with Crippen LogP contribution in [0.15, 0.2) is 48.7 Å². The molecule has 4 aliphatic rings. The summed E-state index contributed by atoms with van der Waals surface area (Å²) < 4.78 is 48.8. The van der Waals surface area contributed by atoms with Crippen LogP contribution < -0.4 is 0 Å². The van der Waals surface area contributed by atoms with Gasteiger partial charge in [0, 0.05) is 33.9 Å². The van der Waals surface area contributed by atoms with Gasteiger partial charge in [-0.15, -0.1) is 0 Å². The van der Waals surface area contributed by atoms with Gasteiger partial charge in [-0.2, -0.15) is 0 Å². The number of aliphatic hydroxyl groups is 2. The summed E-state index contributed by atoms with van der Waals surface area (Å²) in [6.45, 7) is 6.27. The summed E-state index contributed by atoms with van der Waals surface area (Å²) >= 11 is 0. The second kappa shape index (κ2) is 16.0. The Hall–Kier alpha value is -5.46. The third-order valence-electron chi connectivity index (χ3n) is 11.8. The maximum atomic E-state index is 14.2. The van der Waals surface area contributed by atoms with Crippen LogP contribution in [0.4, 0.5) is 0 Å². The van der Waals surface area contributed by atoms with Gasteiger partial charge in [-0.3, -0.25) is 29.0 Å². The van der Waals surface area contributed by atoms with E-state index in [0.717, 1.165) is 34.6 Å². The minimum atomic E-state index is -2.80. The van der Waals surface area contributed by atoms with E-state index in [4.69, 9.17) is 37.9 Å². The monoisotopic (exact) mass is 825 g/mol. The summed E-state index contributed by atoms with van der Waals surface area (Å²) in [5.41, 5.74) is -9.95. The average molecular weight is 826 g/mol. The Labute approximate surface area is 338 Å². The van der Waals surface area contributed by atoms with Crippen molar-refractivity contribution in [2.24, 2.45) is 17.3 Å². The molecule has 0 radical (unpaired) electrons. The van der Waals surface area contributed by atoms with Gasteiger partial charge in [0.2, 0.25) is 0 Å². The van der Waals surface area contributed by atoms with Crippen LogP contribution in [0.2, 0.25) is 0 Å². The molecule has 2 saturated carbocycles. The Morgan fingerprint density at radius 3 is 2.12 bits per heavy atom. The number of aromatic nitrogens is 1. The van der Waals surface area contributed by atoms with E-state index in [1.54, 1.807) is 6.07 Å². The SMILES string of the molecule is CC(=O)OC[C@]12[C@H](OC(C)=O)[C@H](OC(C)=O)[C@@H]3C(OC(C)=O)[C@@]14OC3(C)COC(=O)c1cccnc1CCC(C)C(=O)OC([C@H](O)[C@@H]2OC(=O)c1ccccc1)[C@]4(C)O. The fourth-order valence-corrected chi connectivity index (χ4v) is 9.45. The van der Waals surface area contributed by atoms with Gasteiger partial charge in [-0.05, 0) is 51.0 Å². The first-order valence-corrected chi connectivity index (χ1v) is 19.0. The molecular formula is C41H47NO17. The highest BCUT2D eigenvalue weighted by molar-refractivity contribution is 5.91. The number of hydrogen-bond donors (Lipinski definition) is 2. The number of aliphatic hydroxyl groups excluding tert-OH is 1. The molecule has 1 aromatic heterocycles. The van der Waals surface area contributed by atoms with E-state index in [-0.39, 0.29) is 29.7 Å². The molecule has 18 heteroatoms. The predicted octanol–water partition coefficient (Wildman–Crippen LogP) is 1.59. The summed E-state index contributed by atoms with van der Waals surface area (Å²) in [7, 11) is 0. The number of esters is 7. The minimum Gasteiger partial charge on any atom is -0.465 e. The Bertz CT molecular complexity index is 2020. The normalized spacial score (nSPS) is 36.3. The molecular weight excluding hydrogens is 778 g/mol. The molecule has 3 fully saturated rings. The smallest absolute Gasteiger partial charge is 0.340 e. The molecule has 4 unspecified atom stereocenters. The molecule has 2 aliphatic heterocycles. The lowest BCUT2D eigenvalue weighted by Crippen LogP contribution is -2.89. The Morgan fingerprint density at radius 2 is 1.49 bits per heavy atom. The van der Waals surface area contributed by atoms with Crippen molar-refractivity contribution in [3.05, 3.63) is 65.5 Å². The topological polar surface area (TPSA) is 247 Å². The number of aryl methyl sites for hydroxylation is 1. The van der Waals surface area contributed by atoms with E-state index in [2.05, 4.69) is 4.98 Å². The molecule has 59 heavy (non-hydrogen) atoms. The first kappa shape index (κ1) is 43.1. The van der Waals surface area contributed by atoms with Crippen LogP contribution in [0.25, 0.3) is 0 Å². The first-order chi connectivity index (χ1) is 27.7. The molecule has 4 bridgehead atoms. The molecule has 0 amide bonds. The largest absolute Gasteiger partial charge is 0.465 e. The number of ether oxygens (including phenoxy) is 8. The molecule has 2 aliphatic carbocycles. The summed E-state index contributed by atoms with van der Waals surface area (Å²) in [4.78, 5) is 99.0. The van der Waals surface area contributed by atoms with Gasteiger partial charge in [0.05, 0.1) is 28.7 Å². The number of hydrogen-bond acceptors (Lipinski definition) is 18. The molecule has 12 atom stereocenters. The standard InChI is InChI=1S/C41H47NO17/c1-20-15-16-27-26(14-11-17-42-27)37(50)53-18-38(6)28-30(54-22(3)44)34(56-24(5)46)40(19-52-21(2)43)33(58-36(49)25-12-9-8-10-13-25)29(47)32(57-35(20)48)39(7,51)41(40,59-38)31(28)55-23(4)45/h8-14,17,20,28-34,47,51H,15-16,18-19H2,1-7H3/t20?,28-,29+,30-,31?,32?,33+,34-,38?,39+,40+,41+/m1/s1. The predicted molar refractivity (Wildman–Crippen MR) is 196 cm³/mol. The summed E-state index contributed by atoms with van der Waals surface area (Å²) in [6.07, 6.45) is -10.7. The zero-order valence-corrected chi connectivity index (χ0v) is 33.5. The molecule has 6 rings (SSSR count). The Kier molecular flexibility index (Phi) is 11.7. The fraction of sp³-hybridized carbons (Fsp3) is 0.561. The number of cyclic esters (lactones) is 1. The number of nitrogens with zero attached hydrogens (tertiary/aromatic N) is 1. The summed E-state index contributed by atoms with van der Waals surface area (Å²) in [6, 6.07) is 10.4. The number of benzene rings is 1. The van der Waals surface area contributed by atoms with E-state index >= 15 is 0 Å². The van der Waals surface area contributed by atoms with E-state index < -0.39 is 126 Å². The van der Waals surface area contributed by atoms with Crippen LogP contribution in [0.1, 0.15) is 81.3 Å². The van der Waals surface area contributed by atoms with E-state index in [9.17, 15) is 43.8 Å². The van der Waals surface area contributed by atoms with Crippen molar-refractivity contribution in [1.82, 2.24) is 4.98 Å². The van der Waals surface area contributed by atoms with E-state index in [1.807, 2.05) is 0 Å². The zero-order chi connectivity index (χ0) is 43.2. The van der Waals surface area contributed by atoms with Crippen molar-refractivity contribution in [1.29, 1.82) is 0 Å². The van der Waals surface area contributed by atoms with Crippen molar-refractivity contribution in [3.8, 4) is 0 Å². The van der Waals surface area contributed by atoms with Crippen LogP contribution in [-0.4, -0.2) is 124 Å². The number of carbonyl (C=O) groups is 7. The van der Waals surface area contributed by atoms with E-state index in [0.29, 0.717) is 0 Å². The van der Waals surface area contributed by atoms with Crippen LogP contribution in [0, 0.1) is 17.3 Å². The minimum absolute atomic E-state index is 0.0368. The van der Waals surface area contributed by atoms with Gasteiger partial charge >= 0.3 is 41.8 Å². The second-order valence-electron chi connectivity index (χ2n) is 15.8. The molecule has 1 spiro atoms. The lowest BCUT2D eigenvalue weighted by Gasteiger charge is -2.67. The summed E-state index contributed by atoms with van der Waals surface area (Å²) in [5.74, 6) is -9.44. The molecule has 1 saturated heterocycles.